The Morgan fingerprint density at radius 1 is 1.03 bits per heavy atom. The van der Waals surface area contributed by atoms with E-state index in [0.29, 0.717) is 18.4 Å². The number of esters is 1. The van der Waals surface area contributed by atoms with Crippen LogP contribution in [0.5, 0.6) is 0 Å². The first-order valence-corrected chi connectivity index (χ1v) is 10.0. The predicted molar refractivity (Wildman–Crippen MR) is 107 cm³/mol. The molecule has 2 fully saturated rings. The molecule has 156 valence electrons. The lowest BCUT2D eigenvalue weighted by atomic mass is 9.78. The van der Waals surface area contributed by atoms with Crippen molar-refractivity contribution in [3.63, 3.8) is 0 Å². The van der Waals surface area contributed by atoms with Crippen LogP contribution >= 0.6 is 0 Å². The van der Waals surface area contributed by atoms with Crippen LogP contribution in [0.2, 0.25) is 0 Å². The number of amides is 3. The highest BCUT2D eigenvalue weighted by atomic mass is 16.5. The van der Waals surface area contributed by atoms with Crippen molar-refractivity contribution in [1.82, 2.24) is 14.8 Å². The molecule has 1 aliphatic carbocycles. The van der Waals surface area contributed by atoms with Crippen molar-refractivity contribution in [3.05, 3.63) is 54.4 Å². The number of ether oxygens (including phenoxy) is 1. The quantitative estimate of drug-likeness (QED) is 0.614. The van der Waals surface area contributed by atoms with Gasteiger partial charge in [-0.1, -0.05) is 25.3 Å². The zero-order valence-electron chi connectivity index (χ0n) is 16.5. The topological polar surface area (TPSA) is 97.7 Å². The first-order valence-electron chi connectivity index (χ1n) is 10.0. The molecule has 1 aromatic carbocycles. The first-order chi connectivity index (χ1) is 14.5. The molecular weight excluding hydrogens is 386 g/mol. The van der Waals surface area contributed by atoms with Gasteiger partial charge in [0.1, 0.15) is 12.1 Å². The van der Waals surface area contributed by atoms with Crippen LogP contribution in [-0.2, 0) is 19.1 Å². The van der Waals surface area contributed by atoms with Crippen molar-refractivity contribution >= 4 is 23.7 Å². The summed E-state index contributed by atoms with van der Waals surface area (Å²) in [5.41, 5.74) is 0.0818. The average molecular weight is 409 g/mol. The number of hydrogen-bond acceptors (Lipinski definition) is 5. The lowest BCUT2D eigenvalue weighted by molar-refractivity contribution is -0.161. The fourth-order valence-electron chi connectivity index (χ4n) is 4.25. The minimum atomic E-state index is -1.02. The van der Waals surface area contributed by atoms with Crippen LogP contribution in [-0.4, -0.2) is 51.8 Å². The van der Waals surface area contributed by atoms with Crippen molar-refractivity contribution < 1.29 is 23.9 Å². The number of imide groups is 1. The van der Waals surface area contributed by atoms with Crippen LogP contribution in [0.1, 0.15) is 42.5 Å². The summed E-state index contributed by atoms with van der Waals surface area (Å²) in [5, 5.41) is 2.35. The molecule has 2 aliphatic rings. The maximum absolute atomic E-state index is 12.9. The Labute approximate surface area is 173 Å². The van der Waals surface area contributed by atoms with E-state index in [-0.39, 0.29) is 6.54 Å². The van der Waals surface area contributed by atoms with Crippen LogP contribution in [0.4, 0.5) is 0 Å². The molecule has 8 nitrogen and oxygen atoms in total. The molecule has 2 aromatic rings. The number of aromatic nitrogens is 1. The van der Waals surface area contributed by atoms with Gasteiger partial charge in [0.2, 0.25) is 5.91 Å². The third kappa shape index (κ3) is 3.72. The van der Waals surface area contributed by atoms with E-state index in [0.717, 1.165) is 24.9 Å². The van der Waals surface area contributed by atoms with Gasteiger partial charge in [0.25, 0.3) is 11.8 Å². The molecule has 1 saturated heterocycles. The molecular formula is C22H23N3O5. The van der Waals surface area contributed by atoms with Crippen LogP contribution in [0, 0.1) is 0 Å². The standard InChI is InChI=1S/C22H23N3O5/c26-18-14-25(22(21(29)23-18)9-2-1-3-10-22)19(27)15-30-20(28)16-7-6-8-17(13-16)24-11-4-5-12-24/h4-8,11-13H,1-3,9-10,14-15H2,(H,23,26,29). The molecule has 0 bridgehead atoms. The molecule has 4 rings (SSSR count). The Morgan fingerprint density at radius 2 is 1.77 bits per heavy atom. The number of rotatable bonds is 4. The Kier molecular flexibility index (Phi) is 5.39. The number of piperazine rings is 1. The van der Waals surface area contributed by atoms with E-state index in [1.165, 1.54) is 4.90 Å². The van der Waals surface area contributed by atoms with E-state index in [9.17, 15) is 19.2 Å². The summed E-state index contributed by atoms with van der Waals surface area (Å²) in [6.45, 7) is -0.722. The van der Waals surface area contributed by atoms with Crippen LogP contribution in [0.15, 0.2) is 48.8 Å². The zero-order valence-corrected chi connectivity index (χ0v) is 16.5. The molecule has 1 spiro atoms. The van der Waals surface area contributed by atoms with E-state index in [1.807, 2.05) is 35.2 Å². The zero-order chi connectivity index (χ0) is 21.1. The molecule has 1 N–H and O–H groups in total. The van der Waals surface area contributed by atoms with E-state index in [4.69, 9.17) is 4.74 Å². The molecule has 1 saturated carbocycles. The molecule has 2 heterocycles. The highest BCUT2D eigenvalue weighted by Gasteiger charge is 2.51. The summed E-state index contributed by atoms with van der Waals surface area (Å²) in [6.07, 6.45) is 7.31. The number of benzene rings is 1. The minimum absolute atomic E-state index is 0.203. The van der Waals surface area contributed by atoms with Gasteiger partial charge in [-0.2, -0.15) is 0 Å². The summed E-state index contributed by atoms with van der Waals surface area (Å²) >= 11 is 0. The maximum Gasteiger partial charge on any atom is 0.338 e. The van der Waals surface area contributed by atoms with Gasteiger partial charge in [-0.25, -0.2) is 4.79 Å². The lowest BCUT2D eigenvalue weighted by Crippen LogP contribution is -2.69. The SMILES string of the molecule is O=C1CN(C(=O)COC(=O)c2cccc(-n3cccc3)c2)C2(CCCCC2)C(=O)N1. The molecule has 30 heavy (non-hydrogen) atoms. The smallest absolute Gasteiger partial charge is 0.338 e. The van der Waals surface area contributed by atoms with Crippen molar-refractivity contribution in [3.8, 4) is 5.69 Å². The lowest BCUT2D eigenvalue weighted by Gasteiger charge is -2.47. The normalized spacial score (nSPS) is 18.2. The Balaban J connectivity index is 1.46. The van der Waals surface area contributed by atoms with Gasteiger partial charge in [0.05, 0.1) is 5.56 Å². The summed E-state index contributed by atoms with van der Waals surface area (Å²) < 4.78 is 7.09. The number of hydrogen-bond donors (Lipinski definition) is 1. The van der Waals surface area contributed by atoms with Crippen LogP contribution in [0.25, 0.3) is 5.69 Å². The highest BCUT2D eigenvalue weighted by molar-refractivity contribution is 6.07. The van der Waals surface area contributed by atoms with Gasteiger partial charge in [0, 0.05) is 18.1 Å². The number of nitrogens with zero attached hydrogens (tertiary/aromatic N) is 2. The van der Waals surface area contributed by atoms with Gasteiger partial charge in [-0.05, 0) is 43.2 Å². The third-order valence-electron chi connectivity index (χ3n) is 5.79. The summed E-state index contributed by atoms with van der Waals surface area (Å²) in [7, 11) is 0. The van der Waals surface area contributed by atoms with Crippen molar-refractivity contribution in [1.29, 1.82) is 0 Å². The number of nitrogens with one attached hydrogen (secondary N) is 1. The Hall–Kier alpha value is -3.42. The Bertz CT molecular complexity index is 976. The highest BCUT2D eigenvalue weighted by Crippen LogP contribution is 2.35. The van der Waals surface area contributed by atoms with Crippen molar-refractivity contribution in [2.45, 2.75) is 37.6 Å². The van der Waals surface area contributed by atoms with E-state index in [1.54, 1.807) is 18.2 Å². The average Bonchev–Trinajstić information content (AvgIpc) is 3.30. The fourth-order valence-corrected chi connectivity index (χ4v) is 4.25. The molecule has 0 radical (unpaired) electrons. The molecule has 1 aliphatic heterocycles. The van der Waals surface area contributed by atoms with E-state index in [2.05, 4.69) is 5.32 Å². The summed E-state index contributed by atoms with van der Waals surface area (Å²) in [4.78, 5) is 51.1. The van der Waals surface area contributed by atoms with Crippen molar-refractivity contribution in [2.75, 3.05) is 13.2 Å². The first kappa shape index (κ1) is 19.9. The number of carbonyl (C=O) groups excluding carboxylic acids is 4. The molecule has 0 unspecified atom stereocenters. The van der Waals surface area contributed by atoms with E-state index < -0.39 is 35.8 Å². The Morgan fingerprint density at radius 3 is 2.50 bits per heavy atom. The van der Waals surface area contributed by atoms with Crippen molar-refractivity contribution in [2.24, 2.45) is 0 Å². The number of carbonyl (C=O) groups is 4. The monoisotopic (exact) mass is 409 g/mol. The second kappa shape index (κ2) is 8.14. The third-order valence-corrected chi connectivity index (χ3v) is 5.79. The summed E-state index contributed by atoms with van der Waals surface area (Å²) in [6, 6.07) is 10.6. The minimum Gasteiger partial charge on any atom is -0.452 e. The second-order valence-corrected chi connectivity index (χ2v) is 7.67. The molecule has 0 atom stereocenters. The van der Waals surface area contributed by atoms with Gasteiger partial charge in [-0.15, -0.1) is 0 Å². The second-order valence-electron chi connectivity index (χ2n) is 7.67. The van der Waals surface area contributed by atoms with Gasteiger partial charge in [0.15, 0.2) is 6.61 Å². The predicted octanol–water partition coefficient (Wildman–Crippen LogP) is 1.82. The molecule has 8 heteroatoms. The van der Waals surface area contributed by atoms with E-state index >= 15 is 0 Å². The molecule has 3 amide bonds. The van der Waals surface area contributed by atoms with Crippen LogP contribution < -0.4 is 5.32 Å². The van der Waals surface area contributed by atoms with Gasteiger partial charge >= 0.3 is 5.97 Å². The maximum atomic E-state index is 12.9. The van der Waals surface area contributed by atoms with Gasteiger partial charge in [-0.3, -0.25) is 19.7 Å². The van der Waals surface area contributed by atoms with Crippen LogP contribution in [0.3, 0.4) is 0 Å². The fraction of sp³-hybridized carbons (Fsp3) is 0.364. The summed E-state index contributed by atoms with van der Waals surface area (Å²) in [5.74, 6) is -2.12. The van der Waals surface area contributed by atoms with Gasteiger partial charge < -0.3 is 14.2 Å². The molecule has 1 aromatic heterocycles. The largest absolute Gasteiger partial charge is 0.452 e.